The Hall–Kier alpha value is -1.80. The fourth-order valence-electron chi connectivity index (χ4n) is 2.71. The largest absolute Gasteiger partial charge is 0.573 e. The van der Waals surface area contributed by atoms with Gasteiger partial charge < -0.3 is 19.7 Å². The standard InChI is InChI=1S/C15H19F3N2O3/c1-10-7-20(8-11(2)22-10)9-14(21)19-12-3-5-13(6-4-12)23-15(16,17)18/h3-6,10-11H,7-9H2,1-2H3,(H,19,21)/p+1/t10-,11-/m0/s1. The van der Waals surface area contributed by atoms with Crippen molar-refractivity contribution in [3.63, 3.8) is 0 Å². The minimum Gasteiger partial charge on any atom is -0.406 e. The summed E-state index contributed by atoms with van der Waals surface area (Å²) < 4.78 is 45.6. The van der Waals surface area contributed by atoms with Crippen molar-refractivity contribution in [3.05, 3.63) is 24.3 Å². The molecule has 2 rings (SSSR count). The molecule has 0 bridgehead atoms. The van der Waals surface area contributed by atoms with Crippen LogP contribution in [0.4, 0.5) is 18.9 Å². The van der Waals surface area contributed by atoms with Crippen molar-refractivity contribution < 1.29 is 32.3 Å². The Morgan fingerprint density at radius 3 is 2.35 bits per heavy atom. The first-order valence-electron chi connectivity index (χ1n) is 7.36. The van der Waals surface area contributed by atoms with Crippen LogP contribution in [0.5, 0.6) is 5.75 Å². The molecule has 128 valence electrons. The van der Waals surface area contributed by atoms with Gasteiger partial charge in [0, 0.05) is 5.69 Å². The number of morpholine rings is 1. The number of amides is 1. The van der Waals surface area contributed by atoms with Crippen molar-refractivity contribution in [2.75, 3.05) is 25.0 Å². The third kappa shape index (κ3) is 6.07. The Morgan fingerprint density at radius 2 is 1.83 bits per heavy atom. The fourth-order valence-corrected chi connectivity index (χ4v) is 2.71. The number of quaternary nitrogens is 1. The zero-order valence-corrected chi connectivity index (χ0v) is 12.9. The Labute approximate surface area is 132 Å². The molecule has 0 unspecified atom stereocenters. The van der Waals surface area contributed by atoms with E-state index in [1.54, 1.807) is 0 Å². The summed E-state index contributed by atoms with van der Waals surface area (Å²) in [6.45, 7) is 5.71. The number of hydrogen-bond acceptors (Lipinski definition) is 3. The molecule has 0 spiro atoms. The SMILES string of the molecule is C[C@H]1C[NH+](CC(=O)Nc2ccc(OC(F)(F)F)cc2)C[C@H](C)O1. The molecule has 1 saturated heterocycles. The molecule has 1 heterocycles. The number of benzene rings is 1. The van der Waals surface area contributed by atoms with Gasteiger partial charge in [0.25, 0.3) is 5.91 Å². The quantitative estimate of drug-likeness (QED) is 0.871. The third-order valence-corrected chi connectivity index (χ3v) is 3.40. The van der Waals surface area contributed by atoms with E-state index < -0.39 is 6.36 Å². The third-order valence-electron chi connectivity index (χ3n) is 3.40. The van der Waals surface area contributed by atoms with Gasteiger partial charge in [-0.25, -0.2) is 0 Å². The Balaban J connectivity index is 1.85. The van der Waals surface area contributed by atoms with Crippen LogP contribution in [-0.2, 0) is 9.53 Å². The lowest BCUT2D eigenvalue weighted by Gasteiger charge is -2.31. The molecule has 1 aromatic rings. The summed E-state index contributed by atoms with van der Waals surface area (Å²) in [4.78, 5) is 13.1. The molecule has 0 aliphatic carbocycles. The van der Waals surface area contributed by atoms with Crippen molar-refractivity contribution in [1.82, 2.24) is 0 Å². The summed E-state index contributed by atoms with van der Waals surface area (Å²) >= 11 is 0. The van der Waals surface area contributed by atoms with Gasteiger partial charge >= 0.3 is 6.36 Å². The molecule has 5 nitrogen and oxygen atoms in total. The van der Waals surface area contributed by atoms with E-state index in [4.69, 9.17) is 4.74 Å². The van der Waals surface area contributed by atoms with Crippen LogP contribution in [-0.4, -0.2) is 44.1 Å². The fraction of sp³-hybridized carbons (Fsp3) is 0.533. The van der Waals surface area contributed by atoms with Crippen LogP contribution < -0.4 is 15.0 Å². The molecule has 1 aliphatic heterocycles. The number of halogens is 3. The molecule has 1 fully saturated rings. The molecule has 0 saturated carbocycles. The van der Waals surface area contributed by atoms with Crippen LogP contribution in [0.1, 0.15) is 13.8 Å². The lowest BCUT2D eigenvalue weighted by Crippen LogP contribution is -3.16. The van der Waals surface area contributed by atoms with E-state index in [9.17, 15) is 18.0 Å². The number of anilines is 1. The van der Waals surface area contributed by atoms with Crippen LogP contribution >= 0.6 is 0 Å². The van der Waals surface area contributed by atoms with Crippen molar-refractivity contribution in [2.24, 2.45) is 0 Å². The number of alkyl halides is 3. The molecule has 0 aromatic heterocycles. The predicted octanol–water partition coefficient (Wildman–Crippen LogP) is 1.22. The van der Waals surface area contributed by atoms with Crippen molar-refractivity contribution in [2.45, 2.75) is 32.4 Å². The lowest BCUT2D eigenvalue weighted by atomic mass is 10.2. The highest BCUT2D eigenvalue weighted by atomic mass is 19.4. The van der Waals surface area contributed by atoms with E-state index in [0.717, 1.165) is 30.1 Å². The summed E-state index contributed by atoms with van der Waals surface area (Å²) in [6.07, 6.45) is -4.53. The van der Waals surface area contributed by atoms with Gasteiger partial charge in [0.1, 0.15) is 31.0 Å². The van der Waals surface area contributed by atoms with Crippen LogP contribution in [0.15, 0.2) is 24.3 Å². The number of rotatable bonds is 4. The first-order valence-corrected chi connectivity index (χ1v) is 7.36. The topological polar surface area (TPSA) is 52.0 Å². The van der Waals surface area contributed by atoms with Crippen molar-refractivity contribution in [1.29, 1.82) is 0 Å². The molecule has 2 N–H and O–H groups in total. The van der Waals surface area contributed by atoms with E-state index >= 15 is 0 Å². The predicted molar refractivity (Wildman–Crippen MR) is 77.3 cm³/mol. The average Bonchev–Trinajstić information content (AvgIpc) is 2.38. The van der Waals surface area contributed by atoms with Crippen molar-refractivity contribution >= 4 is 11.6 Å². The minimum atomic E-state index is -4.72. The molecule has 8 heteroatoms. The van der Waals surface area contributed by atoms with E-state index in [1.807, 2.05) is 13.8 Å². The molecule has 0 radical (unpaired) electrons. The zero-order chi connectivity index (χ0) is 17.0. The van der Waals surface area contributed by atoms with Gasteiger partial charge in [-0.15, -0.1) is 13.2 Å². The van der Waals surface area contributed by atoms with Crippen LogP contribution in [0.25, 0.3) is 0 Å². The van der Waals surface area contributed by atoms with Crippen LogP contribution in [0.2, 0.25) is 0 Å². The van der Waals surface area contributed by atoms with Gasteiger partial charge in [-0.1, -0.05) is 0 Å². The minimum absolute atomic E-state index is 0.0975. The number of carbonyl (C=O) groups is 1. The lowest BCUT2D eigenvalue weighted by molar-refractivity contribution is -0.907. The maximum Gasteiger partial charge on any atom is 0.573 e. The smallest absolute Gasteiger partial charge is 0.406 e. The number of ether oxygens (including phenoxy) is 2. The van der Waals surface area contributed by atoms with Crippen LogP contribution in [0.3, 0.4) is 0 Å². The van der Waals surface area contributed by atoms with Gasteiger partial charge in [0.05, 0.1) is 0 Å². The summed E-state index contributed by atoms with van der Waals surface area (Å²) in [5, 5.41) is 2.67. The molecule has 1 amide bonds. The molecular formula is C15H20F3N2O3+. The first kappa shape index (κ1) is 17.6. The van der Waals surface area contributed by atoms with Gasteiger partial charge in [-0.05, 0) is 38.1 Å². The van der Waals surface area contributed by atoms with E-state index in [2.05, 4.69) is 10.1 Å². The molecule has 23 heavy (non-hydrogen) atoms. The zero-order valence-electron chi connectivity index (χ0n) is 12.9. The van der Waals surface area contributed by atoms with E-state index in [1.165, 1.54) is 12.1 Å². The Bertz CT molecular complexity index is 524. The normalized spacial score (nSPS) is 25.0. The van der Waals surface area contributed by atoms with Gasteiger partial charge in [-0.3, -0.25) is 4.79 Å². The van der Waals surface area contributed by atoms with Crippen LogP contribution in [0, 0.1) is 0 Å². The summed E-state index contributed by atoms with van der Waals surface area (Å²) in [7, 11) is 0. The highest BCUT2D eigenvalue weighted by Crippen LogP contribution is 2.23. The number of carbonyl (C=O) groups excluding carboxylic acids is 1. The van der Waals surface area contributed by atoms with E-state index in [-0.39, 0.29) is 23.9 Å². The van der Waals surface area contributed by atoms with Gasteiger partial charge in [0.15, 0.2) is 6.54 Å². The molecule has 1 aliphatic rings. The monoisotopic (exact) mass is 333 g/mol. The Kier molecular flexibility index (Phi) is 5.48. The first-order chi connectivity index (χ1) is 10.7. The highest BCUT2D eigenvalue weighted by molar-refractivity contribution is 5.91. The Morgan fingerprint density at radius 1 is 1.26 bits per heavy atom. The summed E-state index contributed by atoms with van der Waals surface area (Å²) in [5.74, 6) is -0.511. The highest BCUT2D eigenvalue weighted by Gasteiger charge is 2.31. The second-order valence-corrected chi connectivity index (χ2v) is 5.71. The molecule has 2 atom stereocenters. The number of hydrogen-bond donors (Lipinski definition) is 2. The molecule has 1 aromatic carbocycles. The maximum atomic E-state index is 12.1. The molecular weight excluding hydrogens is 313 g/mol. The second-order valence-electron chi connectivity index (χ2n) is 5.71. The average molecular weight is 333 g/mol. The van der Waals surface area contributed by atoms with E-state index in [0.29, 0.717) is 12.2 Å². The summed E-state index contributed by atoms with van der Waals surface area (Å²) in [5.41, 5.74) is 0.429. The maximum absolute atomic E-state index is 12.1. The second kappa shape index (κ2) is 7.18. The van der Waals surface area contributed by atoms with Crippen molar-refractivity contribution in [3.8, 4) is 5.75 Å². The van der Waals surface area contributed by atoms with Gasteiger partial charge in [-0.2, -0.15) is 0 Å². The summed E-state index contributed by atoms with van der Waals surface area (Å²) in [6, 6.07) is 5.07. The number of nitrogens with one attached hydrogen (secondary N) is 2. The van der Waals surface area contributed by atoms with Gasteiger partial charge in [0.2, 0.25) is 0 Å².